The Labute approximate surface area is 89.7 Å². The lowest BCUT2D eigenvalue weighted by atomic mass is 10.0. The summed E-state index contributed by atoms with van der Waals surface area (Å²) in [6.45, 7) is 4.67. The Morgan fingerprint density at radius 3 is 2.87 bits per heavy atom. The maximum Gasteiger partial charge on any atom is 0.123 e. The summed E-state index contributed by atoms with van der Waals surface area (Å²) in [6, 6.07) is 6.26. The molecule has 0 aliphatic heterocycles. The maximum atomic E-state index is 13.0. The Kier molecular flexibility index (Phi) is 4.26. The molecular formula is C12H15FN2. The van der Waals surface area contributed by atoms with E-state index >= 15 is 0 Å². The average Bonchev–Trinajstić information content (AvgIpc) is 2.24. The second kappa shape index (κ2) is 5.47. The molecule has 2 nitrogen and oxygen atoms in total. The molecule has 1 rings (SSSR count). The molecule has 0 aliphatic carbocycles. The monoisotopic (exact) mass is 206 g/mol. The van der Waals surface area contributed by atoms with Gasteiger partial charge in [0.25, 0.3) is 0 Å². The molecular weight excluding hydrogens is 191 g/mol. The van der Waals surface area contributed by atoms with Crippen LogP contribution in [0.1, 0.15) is 30.5 Å². The Hall–Kier alpha value is -1.40. The van der Waals surface area contributed by atoms with Crippen LogP contribution in [0.3, 0.4) is 0 Å². The number of rotatable bonds is 4. The van der Waals surface area contributed by atoms with Gasteiger partial charge in [-0.05, 0) is 43.1 Å². The van der Waals surface area contributed by atoms with E-state index in [1.807, 2.05) is 13.8 Å². The molecule has 0 radical (unpaired) electrons. The number of hydrogen-bond donors (Lipinski definition) is 1. The van der Waals surface area contributed by atoms with Gasteiger partial charge in [0.2, 0.25) is 0 Å². The highest BCUT2D eigenvalue weighted by Gasteiger charge is 2.12. The number of nitrogens with one attached hydrogen (secondary N) is 1. The van der Waals surface area contributed by atoms with Gasteiger partial charge in [0, 0.05) is 0 Å². The van der Waals surface area contributed by atoms with Gasteiger partial charge in [-0.25, -0.2) is 4.39 Å². The van der Waals surface area contributed by atoms with Crippen molar-refractivity contribution in [1.29, 1.82) is 5.26 Å². The molecule has 0 heterocycles. The molecule has 15 heavy (non-hydrogen) atoms. The summed E-state index contributed by atoms with van der Waals surface area (Å²) >= 11 is 0. The standard InChI is InChI=1S/C12H15FN2/c1-3-6-15-12(8-14)11-7-10(13)5-4-9(11)2/h4-5,7,12,15H,3,6H2,1-2H3. The first kappa shape index (κ1) is 11.7. The molecule has 1 aromatic carbocycles. The van der Waals surface area contributed by atoms with Crippen LogP contribution < -0.4 is 5.32 Å². The summed E-state index contributed by atoms with van der Waals surface area (Å²) in [5.41, 5.74) is 1.66. The lowest BCUT2D eigenvalue weighted by molar-refractivity contribution is 0.598. The normalized spacial score (nSPS) is 12.1. The van der Waals surface area contributed by atoms with Gasteiger partial charge in [-0.3, -0.25) is 5.32 Å². The molecule has 0 aromatic heterocycles. The van der Waals surface area contributed by atoms with E-state index in [-0.39, 0.29) is 5.82 Å². The van der Waals surface area contributed by atoms with Crippen LogP contribution in [0.25, 0.3) is 0 Å². The second-order valence-corrected chi connectivity index (χ2v) is 3.52. The third-order valence-corrected chi connectivity index (χ3v) is 2.28. The van der Waals surface area contributed by atoms with Gasteiger partial charge < -0.3 is 0 Å². The van der Waals surface area contributed by atoms with Gasteiger partial charge in [0.05, 0.1) is 6.07 Å². The Bertz CT molecular complexity index is 368. The zero-order chi connectivity index (χ0) is 11.3. The van der Waals surface area contributed by atoms with Crippen LogP contribution in [0.4, 0.5) is 4.39 Å². The quantitative estimate of drug-likeness (QED) is 0.822. The second-order valence-electron chi connectivity index (χ2n) is 3.52. The van der Waals surface area contributed by atoms with E-state index in [1.165, 1.54) is 12.1 Å². The molecule has 1 unspecified atom stereocenters. The molecule has 0 amide bonds. The third-order valence-electron chi connectivity index (χ3n) is 2.28. The summed E-state index contributed by atoms with van der Waals surface area (Å²) in [5.74, 6) is -0.297. The Balaban J connectivity index is 2.91. The van der Waals surface area contributed by atoms with E-state index in [1.54, 1.807) is 6.07 Å². The van der Waals surface area contributed by atoms with Crippen LogP contribution in [-0.4, -0.2) is 6.54 Å². The minimum atomic E-state index is -0.416. The van der Waals surface area contributed by atoms with Gasteiger partial charge in [-0.15, -0.1) is 0 Å². The number of benzene rings is 1. The van der Waals surface area contributed by atoms with Crippen LogP contribution in [0, 0.1) is 24.1 Å². The molecule has 0 spiro atoms. The van der Waals surface area contributed by atoms with Crippen molar-refractivity contribution in [3.05, 3.63) is 35.1 Å². The van der Waals surface area contributed by atoms with Gasteiger partial charge in [0.1, 0.15) is 11.9 Å². The van der Waals surface area contributed by atoms with E-state index in [0.717, 1.165) is 24.1 Å². The lowest BCUT2D eigenvalue weighted by Gasteiger charge is -2.13. The van der Waals surface area contributed by atoms with Gasteiger partial charge in [0.15, 0.2) is 0 Å². The molecule has 1 aromatic rings. The molecule has 1 N–H and O–H groups in total. The fourth-order valence-electron chi connectivity index (χ4n) is 1.44. The zero-order valence-corrected chi connectivity index (χ0v) is 9.05. The van der Waals surface area contributed by atoms with Gasteiger partial charge >= 0.3 is 0 Å². The number of nitrogens with zero attached hydrogens (tertiary/aromatic N) is 1. The Morgan fingerprint density at radius 2 is 2.27 bits per heavy atom. The van der Waals surface area contributed by atoms with Crippen LogP contribution in [-0.2, 0) is 0 Å². The van der Waals surface area contributed by atoms with Crippen molar-refractivity contribution in [2.24, 2.45) is 0 Å². The zero-order valence-electron chi connectivity index (χ0n) is 9.05. The SMILES string of the molecule is CCCNC(C#N)c1cc(F)ccc1C. The predicted molar refractivity (Wildman–Crippen MR) is 57.8 cm³/mol. The molecule has 0 saturated heterocycles. The van der Waals surface area contributed by atoms with E-state index in [2.05, 4.69) is 11.4 Å². The van der Waals surface area contributed by atoms with Crippen molar-refractivity contribution >= 4 is 0 Å². The lowest BCUT2D eigenvalue weighted by Crippen LogP contribution is -2.21. The minimum Gasteiger partial charge on any atom is -0.298 e. The van der Waals surface area contributed by atoms with E-state index in [0.29, 0.717) is 0 Å². The number of aryl methyl sites for hydroxylation is 1. The first-order valence-corrected chi connectivity index (χ1v) is 5.08. The third kappa shape index (κ3) is 3.03. The summed E-state index contributed by atoms with van der Waals surface area (Å²) in [5, 5.41) is 12.1. The first-order chi connectivity index (χ1) is 7.19. The number of nitriles is 1. The van der Waals surface area contributed by atoms with E-state index in [4.69, 9.17) is 5.26 Å². The molecule has 3 heteroatoms. The fourth-order valence-corrected chi connectivity index (χ4v) is 1.44. The molecule has 80 valence electrons. The highest BCUT2D eigenvalue weighted by atomic mass is 19.1. The largest absolute Gasteiger partial charge is 0.298 e. The highest BCUT2D eigenvalue weighted by Crippen LogP contribution is 2.18. The van der Waals surface area contributed by atoms with Crippen LogP contribution in [0.15, 0.2) is 18.2 Å². The van der Waals surface area contributed by atoms with Crippen molar-refractivity contribution in [3.8, 4) is 6.07 Å². The molecule has 1 atom stereocenters. The Morgan fingerprint density at radius 1 is 1.53 bits per heavy atom. The summed E-state index contributed by atoms with van der Waals surface area (Å²) in [7, 11) is 0. The topological polar surface area (TPSA) is 35.8 Å². The van der Waals surface area contributed by atoms with Crippen molar-refractivity contribution in [2.75, 3.05) is 6.54 Å². The van der Waals surface area contributed by atoms with Crippen LogP contribution in [0.5, 0.6) is 0 Å². The molecule has 0 bridgehead atoms. The average molecular weight is 206 g/mol. The predicted octanol–water partition coefficient (Wildman–Crippen LogP) is 2.70. The van der Waals surface area contributed by atoms with Gasteiger partial charge in [-0.1, -0.05) is 13.0 Å². The summed E-state index contributed by atoms with van der Waals surface area (Å²) in [4.78, 5) is 0. The van der Waals surface area contributed by atoms with Crippen molar-refractivity contribution < 1.29 is 4.39 Å². The number of hydrogen-bond acceptors (Lipinski definition) is 2. The summed E-state index contributed by atoms with van der Waals surface area (Å²) < 4.78 is 13.0. The number of halogens is 1. The van der Waals surface area contributed by atoms with E-state index in [9.17, 15) is 4.39 Å². The minimum absolute atomic E-state index is 0.297. The van der Waals surface area contributed by atoms with Gasteiger partial charge in [-0.2, -0.15) is 5.26 Å². The maximum absolute atomic E-state index is 13.0. The van der Waals surface area contributed by atoms with Crippen molar-refractivity contribution in [2.45, 2.75) is 26.3 Å². The molecule has 0 aliphatic rings. The first-order valence-electron chi connectivity index (χ1n) is 5.08. The van der Waals surface area contributed by atoms with Crippen molar-refractivity contribution in [3.63, 3.8) is 0 Å². The molecule has 0 fully saturated rings. The highest BCUT2D eigenvalue weighted by molar-refractivity contribution is 5.32. The summed E-state index contributed by atoms with van der Waals surface area (Å²) in [6.07, 6.45) is 0.951. The smallest absolute Gasteiger partial charge is 0.123 e. The van der Waals surface area contributed by atoms with Crippen LogP contribution in [0.2, 0.25) is 0 Å². The fraction of sp³-hybridized carbons (Fsp3) is 0.417. The van der Waals surface area contributed by atoms with Crippen molar-refractivity contribution in [1.82, 2.24) is 5.32 Å². The van der Waals surface area contributed by atoms with Crippen LogP contribution >= 0.6 is 0 Å². The van der Waals surface area contributed by atoms with E-state index < -0.39 is 6.04 Å². The molecule has 0 saturated carbocycles.